The van der Waals surface area contributed by atoms with Crippen molar-refractivity contribution >= 4 is 95.1 Å². The molecular formula is C68H49N3O2. The molecule has 0 atom stereocenters. The lowest BCUT2D eigenvalue weighted by molar-refractivity contribution is 0.603. The summed E-state index contributed by atoms with van der Waals surface area (Å²) in [5.41, 5.74) is 22.6. The Morgan fingerprint density at radius 1 is 0.575 bits per heavy atom. The molecule has 5 nitrogen and oxygen atoms in total. The smallest absolute Gasteiger partial charge is 0.139 e. The molecule has 0 saturated heterocycles. The van der Waals surface area contributed by atoms with E-state index in [0.717, 1.165) is 91.4 Å². The monoisotopic (exact) mass is 939 g/mol. The van der Waals surface area contributed by atoms with Gasteiger partial charge < -0.3 is 18.0 Å². The molecule has 5 aromatic heterocycles. The molecule has 0 radical (unpaired) electrons. The highest BCUT2D eigenvalue weighted by atomic mass is 16.3. The third kappa shape index (κ3) is 6.87. The van der Waals surface area contributed by atoms with Gasteiger partial charge in [0.05, 0.1) is 22.2 Å². The fraction of sp³-hybridized carbons (Fsp3) is 0.0735. The summed E-state index contributed by atoms with van der Waals surface area (Å²) in [6.07, 6.45) is 26.5. The van der Waals surface area contributed by atoms with Crippen molar-refractivity contribution in [3.8, 4) is 39.1 Å². The number of aryl methyl sites for hydroxylation is 1. The molecule has 2 aliphatic rings. The Morgan fingerprint density at radius 2 is 1.30 bits per heavy atom. The molecule has 73 heavy (non-hydrogen) atoms. The van der Waals surface area contributed by atoms with Gasteiger partial charge in [0.1, 0.15) is 22.5 Å². The minimum atomic E-state index is 0.799. The van der Waals surface area contributed by atoms with Crippen LogP contribution in [0.2, 0.25) is 0 Å². The quantitative estimate of drug-likeness (QED) is 0.152. The SMILES string of the molecule is C=Cc1c(/C=C\C)oc2cc(-c3ccc4c(c3)c3cc(-c5cccc(C6=CCc7c(n(C8=CCCC=C8)c8ccc(-c9ccc%10c(oc%11ccncc%11%10)c9C)cc78)C=C6)c5)ccc3n4-c3ccccc3)ccc12. The van der Waals surface area contributed by atoms with Gasteiger partial charge in [0, 0.05) is 67.2 Å². The van der Waals surface area contributed by atoms with E-state index < -0.39 is 0 Å². The lowest BCUT2D eigenvalue weighted by Gasteiger charge is -2.14. The van der Waals surface area contributed by atoms with Gasteiger partial charge in [-0.05, 0) is 180 Å². The van der Waals surface area contributed by atoms with Crippen molar-refractivity contribution in [2.75, 3.05) is 0 Å². The Morgan fingerprint density at radius 3 is 2.08 bits per heavy atom. The second-order valence-electron chi connectivity index (χ2n) is 19.3. The minimum absolute atomic E-state index is 0.799. The number of para-hydroxylation sites is 1. The summed E-state index contributed by atoms with van der Waals surface area (Å²) in [5, 5.41) is 6.88. The molecule has 2 aliphatic carbocycles. The van der Waals surface area contributed by atoms with E-state index in [1.165, 1.54) is 77.5 Å². The summed E-state index contributed by atoms with van der Waals surface area (Å²) >= 11 is 0. The first kappa shape index (κ1) is 42.7. The molecule has 0 bridgehead atoms. The molecule has 0 fully saturated rings. The number of furan rings is 2. The summed E-state index contributed by atoms with van der Waals surface area (Å²) in [4.78, 5) is 4.38. The Labute approximate surface area is 423 Å². The van der Waals surface area contributed by atoms with E-state index in [1.807, 2.05) is 37.4 Å². The fourth-order valence-corrected chi connectivity index (χ4v) is 11.7. The Kier molecular flexibility index (Phi) is 9.94. The zero-order valence-corrected chi connectivity index (χ0v) is 40.7. The highest BCUT2D eigenvalue weighted by Gasteiger charge is 2.22. The molecule has 348 valence electrons. The Balaban J connectivity index is 0.853. The van der Waals surface area contributed by atoms with Gasteiger partial charge in [-0.15, -0.1) is 0 Å². The number of pyridine rings is 1. The second kappa shape index (κ2) is 17.0. The van der Waals surface area contributed by atoms with Crippen molar-refractivity contribution in [3.05, 3.63) is 235 Å². The maximum atomic E-state index is 6.43. The van der Waals surface area contributed by atoms with Crippen molar-refractivity contribution in [2.24, 2.45) is 0 Å². The van der Waals surface area contributed by atoms with Crippen LogP contribution in [0.3, 0.4) is 0 Å². The van der Waals surface area contributed by atoms with E-state index in [9.17, 15) is 0 Å². The van der Waals surface area contributed by atoms with Crippen LogP contribution >= 0.6 is 0 Å². The molecule has 0 N–H and O–H groups in total. The van der Waals surface area contributed by atoms with Gasteiger partial charge in [0.25, 0.3) is 0 Å². The van der Waals surface area contributed by atoms with Crippen LogP contribution in [0.4, 0.5) is 0 Å². The van der Waals surface area contributed by atoms with Crippen LogP contribution in [0, 0.1) is 6.92 Å². The zero-order valence-electron chi connectivity index (χ0n) is 40.7. The molecule has 0 saturated carbocycles. The first-order valence-corrected chi connectivity index (χ1v) is 25.3. The van der Waals surface area contributed by atoms with Crippen LogP contribution in [0.1, 0.15) is 53.5 Å². The molecule has 0 amide bonds. The Hall–Kier alpha value is -9.19. The van der Waals surface area contributed by atoms with E-state index in [4.69, 9.17) is 8.83 Å². The summed E-state index contributed by atoms with van der Waals surface area (Å²) in [5.74, 6) is 0.828. The molecule has 0 aliphatic heterocycles. The number of allylic oxidation sites excluding steroid dienone is 8. The summed E-state index contributed by atoms with van der Waals surface area (Å²) in [6.45, 7) is 8.25. The van der Waals surface area contributed by atoms with Gasteiger partial charge in [-0.1, -0.05) is 110 Å². The molecule has 0 unspecified atom stereocenters. The van der Waals surface area contributed by atoms with E-state index in [2.05, 4.69) is 204 Å². The van der Waals surface area contributed by atoms with Crippen LogP contribution in [0.15, 0.2) is 210 Å². The number of rotatable bonds is 8. The molecule has 7 aromatic carbocycles. The third-order valence-corrected chi connectivity index (χ3v) is 15.2. The topological polar surface area (TPSA) is 49.0 Å². The van der Waals surface area contributed by atoms with Gasteiger partial charge in [0.15, 0.2) is 0 Å². The van der Waals surface area contributed by atoms with Gasteiger partial charge in [0.2, 0.25) is 0 Å². The minimum Gasteiger partial charge on any atom is -0.456 e. The van der Waals surface area contributed by atoms with Gasteiger partial charge in [-0.2, -0.15) is 0 Å². The van der Waals surface area contributed by atoms with Gasteiger partial charge in [-0.25, -0.2) is 0 Å². The standard InChI is InChI=1S/C68H49N3O2/c1-4-13-65-52(5-2)55-27-21-48(40-67(55)72-65)47-24-32-64-59(38-47)58-37-46(23-31-63(58)71(64)51-18-10-7-11-19-51)45-15-12-14-44(36-45)43-20-26-54-57-39-49(25-33-62(57)70(61(54)30-22-43)50-16-8-6-9-17-50)53-28-29-56-60-41-69-35-34-66(60)73-68(56)42(53)3/h4-5,7-8,10-25,27-41H,2,6,9,26H2,1,3H3/b13-4-. The lowest BCUT2D eigenvalue weighted by Crippen LogP contribution is -2.00. The average molecular weight is 940 g/mol. The van der Waals surface area contributed by atoms with Crippen LogP contribution < -0.4 is 0 Å². The van der Waals surface area contributed by atoms with Crippen molar-refractivity contribution < 1.29 is 8.83 Å². The van der Waals surface area contributed by atoms with E-state index >= 15 is 0 Å². The number of hydrogen-bond donors (Lipinski definition) is 0. The molecule has 12 aromatic rings. The van der Waals surface area contributed by atoms with Crippen LogP contribution in [0.25, 0.3) is 134 Å². The van der Waals surface area contributed by atoms with Gasteiger partial charge >= 0.3 is 0 Å². The number of benzene rings is 7. The summed E-state index contributed by atoms with van der Waals surface area (Å²) in [7, 11) is 0. The maximum absolute atomic E-state index is 6.43. The second-order valence-corrected chi connectivity index (χ2v) is 19.3. The molecular weight excluding hydrogens is 891 g/mol. The fourth-order valence-electron chi connectivity index (χ4n) is 11.7. The maximum Gasteiger partial charge on any atom is 0.139 e. The molecule has 5 heterocycles. The lowest BCUT2D eigenvalue weighted by atomic mass is 9.95. The normalized spacial score (nSPS) is 13.8. The first-order chi connectivity index (χ1) is 36.0. The van der Waals surface area contributed by atoms with Crippen LogP contribution in [-0.2, 0) is 6.42 Å². The number of aromatic nitrogens is 3. The third-order valence-electron chi connectivity index (χ3n) is 15.2. The largest absolute Gasteiger partial charge is 0.456 e. The van der Waals surface area contributed by atoms with Crippen molar-refractivity contribution in [1.29, 1.82) is 0 Å². The van der Waals surface area contributed by atoms with E-state index in [-0.39, 0.29) is 0 Å². The molecule has 0 spiro atoms. The molecule has 14 rings (SSSR count). The first-order valence-electron chi connectivity index (χ1n) is 25.3. The number of nitrogens with zero attached hydrogens (tertiary/aromatic N) is 3. The number of hydrogen-bond acceptors (Lipinski definition) is 3. The Bertz CT molecular complexity index is 4440. The van der Waals surface area contributed by atoms with Crippen molar-refractivity contribution in [3.63, 3.8) is 0 Å². The number of fused-ring (bicyclic) bond motifs is 10. The van der Waals surface area contributed by atoms with Crippen LogP contribution in [0.5, 0.6) is 0 Å². The zero-order chi connectivity index (χ0) is 48.7. The van der Waals surface area contributed by atoms with Crippen molar-refractivity contribution in [1.82, 2.24) is 14.1 Å². The summed E-state index contributed by atoms with van der Waals surface area (Å²) in [6, 6.07) is 53.4. The predicted molar refractivity (Wildman–Crippen MR) is 307 cm³/mol. The van der Waals surface area contributed by atoms with Gasteiger partial charge in [-0.3, -0.25) is 4.98 Å². The van der Waals surface area contributed by atoms with Crippen molar-refractivity contribution in [2.45, 2.75) is 33.1 Å². The average Bonchev–Trinajstić information content (AvgIpc) is 4.14. The summed E-state index contributed by atoms with van der Waals surface area (Å²) < 4.78 is 17.6. The highest BCUT2D eigenvalue weighted by Crippen LogP contribution is 2.43. The molecule has 5 heteroatoms. The highest BCUT2D eigenvalue weighted by molar-refractivity contribution is 6.12. The van der Waals surface area contributed by atoms with E-state index in [1.54, 1.807) is 6.20 Å². The predicted octanol–water partition coefficient (Wildman–Crippen LogP) is 18.6. The van der Waals surface area contributed by atoms with Crippen LogP contribution in [-0.4, -0.2) is 14.1 Å². The van der Waals surface area contributed by atoms with E-state index in [0.29, 0.717) is 0 Å².